The Labute approximate surface area is 287 Å². The van der Waals surface area contributed by atoms with Crippen molar-refractivity contribution in [2.45, 2.75) is 25.2 Å². The van der Waals surface area contributed by atoms with Crippen molar-refractivity contribution in [2.75, 3.05) is 79.5 Å². The van der Waals surface area contributed by atoms with Gasteiger partial charge in [-0.3, -0.25) is 19.2 Å². The largest absolute Gasteiger partial charge is 0.573 e. The van der Waals surface area contributed by atoms with Crippen molar-refractivity contribution in [3.05, 3.63) is 53.9 Å². The molecule has 6 rings (SSSR count). The topological polar surface area (TPSA) is 132 Å². The van der Waals surface area contributed by atoms with Gasteiger partial charge in [-0.1, -0.05) is 11.6 Å². The van der Waals surface area contributed by atoms with Gasteiger partial charge in [0.2, 0.25) is 16.0 Å². The SMILES string of the molecule is CN1CCN(C2CCN(c3ccc(Nc4ncc(Cl)c(Nc5ccc6nccnc6c5N(C)S(C)(=O)=O)n4)c(OC(F)(F)F)c3)CC2)CC1. The summed E-state index contributed by atoms with van der Waals surface area (Å²) in [6.45, 7) is 5.52. The third kappa shape index (κ3) is 8.17. The lowest BCUT2D eigenvalue weighted by Gasteiger charge is -2.42. The fourth-order valence-corrected chi connectivity index (χ4v) is 6.72. The Morgan fingerprint density at radius 1 is 0.959 bits per heavy atom. The molecule has 13 nitrogen and oxygen atoms in total. The summed E-state index contributed by atoms with van der Waals surface area (Å²) in [4.78, 5) is 24.0. The number of fused-ring (bicyclic) bond motifs is 1. The number of ether oxygens (including phenoxy) is 1. The van der Waals surface area contributed by atoms with Crippen LogP contribution in [0, 0.1) is 0 Å². The van der Waals surface area contributed by atoms with Crippen LogP contribution in [0.5, 0.6) is 5.75 Å². The number of aromatic nitrogens is 4. The van der Waals surface area contributed by atoms with Gasteiger partial charge in [-0.2, -0.15) is 4.98 Å². The maximum absolute atomic E-state index is 13.6. The highest BCUT2D eigenvalue weighted by Crippen LogP contribution is 2.39. The first kappa shape index (κ1) is 34.7. The lowest BCUT2D eigenvalue weighted by atomic mass is 10.0. The standard InChI is InChI=1S/C31H36ClF3N10O3S/c1-42-14-16-45(17-15-42)20-8-12-44(13-9-20)21-4-5-23(26(18-21)48-31(33,34)35)40-30-38-19-22(32)29(41-30)39-25-7-6-24-27(37-11-10-36-24)28(25)43(2)49(3,46)47/h4-7,10-11,18-20H,8-9,12-17H2,1-3H3,(H2,38,39,40,41). The third-order valence-electron chi connectivity index (χ3n) is 8.74. The zero-order valence-electron chi connectivity index (χ0n) is 27.1. The molecule has 2 aliphatic heterocycles. The number of likely N-dealkylation sites (N-methyl/N-ethyl adjacent to an activating group) is 1. The van der Waals surface area contributed by atoms with Crippen LogP contribution in [0.2, 0.25) is 5.02 Å². The summed E-state index contributed by atoms with van der Waals surface area (Å²) in [5.74, 6) is -0.466. The number of hydrogen-bond acceptors (Lipinski definition) is 12. The van der Waals surface area contributed by atoms with E-state index in [1.54, 1.807) is 18.2 Å². The van der Waals surface area contributed by atoms with Crippen LogP contribution in [0.25, 0.3) is 11.0 Å². The van der Waals surface area contributed by atoms with Crippen molar-refractivity contribution in [3.63, 3.8) is 0 Å². The van der Waals surface area contributed by atoms with E-state index in [1.165, 1.54) is 37.8 Å². The van der Waals surface area contributed by atoms with E-state index >= 15 is 0 Å². The normalized spacial score (nSPS) is 16.9. The summed E-state index contributed by atoms with van der Waals surface area (Å²) >= 11 is 6.42. The number of benzene rings is 2. The van der Waals surface area contributed by atoms with Crippen LogP contribution in [0.3, 0.4) is 0 Å². The van der Waals surface area contributed by atoms with E-state index in [0.717, 1.165) is 49.6 Å². The number of hydrogen-bond donors (Lipinski definition) is 2. The lowest BCUT2D eigenvalue weighted by molar-refractivity contribution is -0.274. The van der Waals surface area contributed by atoms with E-state index in [2.05, 4.69) is 57.1 Å². The van der Waals surface area contributed by atoms with Gasteiger partial charge in [0, 0.05) is 76.5 Å². The predicted molar refractivity (Wildman–Crippen MR) is 184 cm³/mol. The number of piperazine rings is 1. The molecule has 0 spiro atoms. The maximum atomic E-state index is 13.6. The van der Waals surface area contributed by atoms with Gasteiger partial charge in [0.05, 0.1) is 29.3 Å². The van der Waals surface area contributed by atoms with Gasteiger partial charge in [-0.15, -0.1) is 13.2 Å². The number of rotatable bonds is 9. The number of anilines is 6. The zero-order chi connectivity index (χ0) is 34.9. The number of alkyl halides is 3. The van der Waals surface area contributed by atoms with E-state index in [-0.39, 0.29) is 33.9 Å². The van der Waals surface area contributed by atoms with Crippen LogP contribution in [0.15, 0.2) is 48.9 Å². The molecule has 0 atom stereocenters. The molecule has 0 unspecified atom stereocenters. The molecule has 0 amide bonds. The summed E-state index contributed by atoms with van der Waals surface area (Å²) in [6.07, 6.45) is 2.13. The Hall–Kier alpha value is -4.19. The molecule has 4 aromatic rings. The van der Waals surface area contributed by atoms with Crippen molar-refractivity contribution in [2.24, 2.45) is 0 Å². The quantitative estimate of drug-likeness (QED) is 0.239. The molecular formula is C31H36ClF3N10O3S. The first-order valence-electron chi connectivity index (χ1n) is 15.6. The average Bonchev–Trinajstić information content (AvgIpc) is 3.06. The molecule has 2 aromatic carbocycles. The van der Waals surface area contributed by atoms with Gasteiger partial charge in [0.1, 0.15) is 16.2 Å². The van der Waals surface area contributed by atoms with Gasteiger partial charge in [-0.25, -0.2) is 13.4 Å². The Morgan fingerprint density at radius 3 is 2.35 bits per heavy atom. The van der Waals surface area contributed by atoms with Gasteiger partial charge >= 0.3 is 6.36 Å². The van der Waals surface area contributed by atoms with Crippen LogP contribution in [-0.2, 0) is 10.0 Å². The minimum atomic E-state index is -4.95. The van der Waals surface area contributed by atoms with E-state index in [9.17, 15) is 21.6 Å². The van der Waals surface area contributed by atoms with Crippen molar-refractivity contribution < 1.29 is 26.3 Å². The fourth-order valence-electron chi connectivity index (χ4n) is 6.07. The van der Waals surface area contributed by atoms with Crippen molar-refractivity contribution in [1.29, 1.82) is 0 Å². The minimum absolute atomic E-state index is 0.0138. The average molecular weight is 721 g/mol. The molecule has 2 aromatic heterocycles. The number of piperidine rings is 1. The second-order valence-corrected chi connectivity index (χ2v) is 14.5. The number of halogens is 4. The highest BCUT2D eigenvalue weighted by atomic mass is 35.5. The molecule has 2 aliphatic rings. The Balaban J connectivity index is 1.24. The lowest BCUT2D eigenvalue weighted by Crippen LogP contribution is -2.52. The van der Waals surface area contributed by atoms with E-state index in [0.29, 0.717) is 35.9 Å². The van der Waals surface area contributed by atoms with Crippen LogP contribution in [0.1, 0.15) is 12.8 Å². The highest BCUT2D eigenvalue weighted by molar-refractivity contribution is 7.92. The molecule has 49 heavy (non-hydrogen) atoms. The molecule has 2 fully saturated rings. The molecule has 0 saturated carbocycles. The minimum Gasteiger partial charge on any atom is -0.403 e. The zero-order valence-corrected chi connectivity index (χ0v) is 28.6. The second-order valence-electron chi connectivity index (χ2n) is 12.0. The van der Waals surface area contributed by atoms with Crippen molar-refractivity contribution in [3.8, 4) is 5.75 Å². The first-order chi connectivity index (χ1) is 23.2. The molecule has 2 N–H and O–H groups in total. The monoisotopic (exact) mass is 720 g/mol. The summed E-state index contributed by atoms with van der Waals surface area (Å²) in [7, 11) is -0.234. The van der Waals surface area contributed by atoms with E-state index in [1.807, 2.05) is 0 Å². The number of nitrogens with zero attached hydrogens (tertiary/aromatic N) is 8. The number of sulfonamides is 1. The molecule has 18 heteroatoms. The summed E-state index contributed by atoms with van der Waals surface area (Å²) in [5, 5.41) is 5.91. The smallest absolute Gasteiger partial charge is 0.403 e. The molecule has 0 aliphatic carbocycles. The van der Waals surface area contributed by atoms with E-state index < -0.39 is 22.1 Å². The molecular weight excluding hydrogens is 685 g/mol. The van der Waals surface area contributed by atoms with Crippen LogP contribution < -0.4 is 24.6 Å². The van der Waals surface area contributed by atoms with Crippen molar-refractivity contribution in [1.82, 2.24) is 29.7 Å². The molecule has 0 radical (unpaired) electrons. The Kier molecular flexibility index (Phi) is 9.88. The first-order valence-corrected chi connectivity index (χ1v) is 17.8. The molecule has 2 saturated heterocycles. The Morgan fingerprint density at radius 2 is 1.65 bits per heavy atom. The van der Waals surface area contributed by atoms with E-state index in [4.69, 9.17) is 11.6 Å². The van der Waals surface area contributed by atoms with Crippen LogP contribution in [-0.4, -0.2) is 110 Å². The van der Waals surface area contributed by atoms with Crippen LogP contribution in [0.4, 0.5) is 47.7 Å². The third-order valence-corrected chi connectivity index (χ3v) is 10.2. The fraction of sp³-hybridized carbons (Fsp3) is 0.419. The summed E-state index contributed by atoms with van der Waals surface area (Å²) in [6, 6.07) is 8.30. The molecule has 0 bridgehead atoms. The second kappa shape index (κ2) is 14.0. The summed E-state index contributed by atoms with van der Waals surface area (Å²) in [5.41, 5.74) is 1.84. The van der Waals surface area contributed by atoms with Gasteiger partial charge in [0.15, 0.2) is 11.6 Å². The number of nitrogens with one attached hydrogen (secondary N) is 2. The van der Waals surface area contributed by atoms with Gasteiger partial charge in [0.25, 0.3) is 0 Å². The summed E-state index contributed by atoms with van der Waals surface area (Å²) < 4.78 is 71.4. The Bertz CT molecular complexity index is 1920. The highest BCUT2D eigenvalue weighted by Gasteiger charge is 2.33. The van der Waals surface area contributed by atoms with Gasteiger partial charge < -0.3 is 25.2 Å². The molecule has 4 heterocycles. The maximum Gasteiger partial charge on any atom is 0.573 e. The van der Waals surface area contributed by atoms with Crippen LogP contribution >= 0.6 is 11.6 Å². The predicted octanol–water partition coefficient (Wildman–Crippen LogP) is 5.07. The van der Waals surface area contributed by atoms with Crippen molar-refractivity contribution >= 4 is 67.2 Å². The molecule has 262 valence electrons. The van der Waals surface area contributed by atoms with Gasteiger partial charge in [-0.05, 0) is 44.2 Å².